The Kier molecular flexibility index (Phi) is 5.30. The minimum atomic E-state index is 0.773. The van der Waals surface area contributed by atoms with Gasteiger partial charge in [-0.05, 0) is 45.7 Å². The van der Waals surface area contributed by atoms with E-state index in [1.165, 1.54) is 64.3 Å². The summed E-state index contributed by atoms with van der Waals surface area (Å²) < 4.78 is 0. The Morgan fingerprint density at radius 3 is 2.29 bits per heavy atom. The molecule has 2 fully saturated rings. The zero-order chi connectivity index (χ0) is 12.1. The monoisotopic (exact) mass is 238 g/mol. The largest absolute Gasteiger partial charge is 0.317 e. The third-order valence-corrected chi connectivity index (χ3v) is 5.00. The molecule has 0 amide bonds. The van der Waals surface area contributed by atoms with Gasteiger partial charge in [-0.2, -0.15) is 0 Å². The number of nitrogens with zero attached hydrogens (tertiary/aromatic N) is 1. The maximum Gasteiger partial charge on any atom is 0.0104 e. The van der Waals surface area contributed by atoms with Gasteiger partial charge in [0.15, 0.2) is 0 Å². The van der Waals surface area contributed by atoms with Crippen molar-refractivity contribution < 1.29 is 0 Å². The highest BCUT2D eigenvalue weighted by Gasteiger charge is 2.27. The Morgan fingerprint density at radius 1 is 0.941 bits per heavy atom. The van der Waals surface area contributed by atoms with Gasteiger partial charge in [-0.15, -0.1) is 0 Å². The molecule has 0 radical (unpaired) electrons. The van der Waals surface area contributed by atoms with Crippen molar-refractivity contribution in [2.24, 2.45) is 5.92 Å². The molecule has 2 atom stereocenters. The van der Waals surface area contributed by atoms with Gasteiger partial charge in [0.05, 0.1) is 0 Å². The van der Waals surface area contributed by atoms with E-state index in [1.54, 1.807) is 0 Å². The Morgan fingerprint density at radius 2 is 1.59 bits per heavy atom. The first-order valence-electron chi connectivity index (χ1n) is 7.68. The second-order valence-corrected chi connectivity index (χ2v) is 6.17. The minimum absolute atomic E-state index is 0.773. The van der Waals surface area contributed by atoms with Crippen molar-refractivity contribution in [2.75, 3.05) is 20.6 Å². The molecule has 2 unspecified atom stereocenters. The van der Waals surface area contributed by atoms with Crippen LogP contribution in [0.1, 0.15) is 57.8 Å². The fourth-order valence-electron chi connectivity index (χ4n) is 3.85. The fourth-order valence-corrected chi connectivity index (χ4v) is 3.85. The summed E-state index contributed by atoms with van der Waals surface area (Å²) >= 11 is 0. The van der Waals surface area contributed by atoms with Gasteiger partial charge in [0.25, 0.3) is 0 Å². The summed E-state index contributed by atoms with van der Waals surface area (Å²) in [5.74, 6) is 0.890. The number of hydrogen-bond acceptors (Lipinski definition) is 2. The third kappa shape index (κ3) is 3.69. The van der Waals surface area contributed by atoms with Gasteiger partial charge in [-0.3, -0.25) is 0 Å². The van der Waals surface area contributed by atoms with E-state index in [-0.39, 0.29) is 0 Å². The molecule has 2 aliphatic carbocycles. The molecular formula is C15H30N2. The highest BCUT2D eigenvalue weighted by Crippen LogP contribution is 2.27. The summed E-state index contributed by atoms with van der Waals surface area (Å²) in [6.45, 7) is 1.32. The van der Waals surface area contributed by atoms with Crippen LogP contribution < -0.4 is 5.32 Å². The van der Waals surface area contributed by atoms with Crippen LogP contribution >= 0.6 is 0 Å². The van der Waals surface area contributed by atoms with E-state index in [9.17, 15) is 0 Å². The SMILES string of the molecule is CNC1CCCCC1CN(C)C1CCCCC1. The molecule has 2 heteroatoms. The summed E-state index contributed by atoms with van der Waals surface area (Å²) in [5, 5.41) is 3.54. The van der Waals surface area contributed by atoms with E-state index < -0.39 is 0 Å². The summed E-state index contributed by atoms with van der Waals surface area (Å²) in [5.41, 5.74) is 0. The Balaban J connectivity index is 1.81. The second-order valence-electron chi connectivity index (χ2n) is 6.17. The van der Waals surface area contributed by atoms with Crippen molar-refractivity contribution in [3.8, 4) is 0 Å². The molecule has 2 saturated carbocycles. The predicted octanol–water partition coefficient (Wildman–Crippen LogP) is 3.03. The smallest absolute Gasteiger partial charge is 0.0104 e. The molecule has 2 aliphatic rings. The van der Waals surface area contributed by atoms with E-state index in [4.69, 9.17) is 0 Å². The van der Waals surface area contributed by atoms with Crippen molar-refractivity contribution in [3.63, 3.8) is 0 Å². The lowest BCUT2D eigenvalue weighted by molar-refractivity contribution is 0.134. The molecular weight excluding hydrogens is 208 g/mol. The van der Waals surface area contributed by atoms with Gasteiger partial charge in [-0.1, -0.05) is 32.1 Å². The van der Waals surface area contributed by atoms with Crippen LogP contribution in [-0.2, 0) is 0 Å². The van der Waals surface area contributed by atoms with E-state index in [2.05, 4.69) is 24.3 Å². The van der Waals surface area contributed by atoms with Gasteiger partial charge in [-0.25, -0.2) is 0 Å². The van der Waals surface area contributed by atoms with Crippen LogP contribution in [0.2, 0.25) is 0 Å². The Hall–Kier alpha value is -0.0800. The van der Waals surface area contributed by atoms with Gasteiger partial charge < -0.3 is 10.2 Å². The van der Waals surface area contributed by atoms with Gasteiger partial charge in [0.1, 0.15) is 0 Å². The zero-order valence-corrected chi connectivity index (χ0v) is 11.8. The van der Waals surface area contributed by atoms with Crippen LogP contribution in [0.4, 0.5) is 0 Å². The van der Waals surface area contributed by atoms with Crippen LogP contribution in [-0.4, -0.2) is 37.6 Å². The summed E-state index contributed by atoms with van der Waals surface area (Å²) in [4.78, 5) is 2.67. The summed E-state index contributed by atoms with van der Waals surface area (Å²) in [6.07, 6.45) is 12.9. The molecule has 0 spiro atoms. The second kappa shape index (κ2) is 6.75. The van der Waals surface area contributed by atoms with E-state index in [0.717, 1.165) is 18.0 Å². The molecule has 0 heterocycles. The molecule has 0 aromatic heterocycles. The molecule has 0 aromatic carbocycles. The third-order valence-electron chi connectivity index (χ3n) is 5.00. The van der Waals surface area contributed by atoms with E-state index in [1.807, 2.05) is 0 Å². The lowest BCUT2D eigenvalue weighted by Crippen LogP contribution is -2.45. The number of rotatable bonds is 4. The van der Waals surface area contributed by atoms with Crippen LogP contribution in [0.25, 0.3) is 0 Å². The van der Waals surface area contributed by atoms with Gasteiger partial charge in [0, 0.05) is 18.6 Å². The van der Waals surface area contributed by atoms with E-state index >= 15 is 0 Å². The van der Waals surface area contributed by atoms with Crippen molar-refractivity contribution in [1.29, 1.82) is 0 Å². The average molecular weight is 238 g/mol. The predicted molar refractivity (Wildman–Crippen MR) is 74.3 cm³/mol. The molecule has 0 bridgehead atoms. The normalized spacial score (nSPS) is 31.9. The Labute approximate surface area is 107 Å². The maximum absolute atomic E-state index is 3.54. The lowest BCUT2D eigenvalue weighted by atomic mass is 9.83. The quantitative estimate of drug-likeness (QED) is 0.810. The highest BCUT2D eigenvalue weighted by molar-refractivity contribution is 4.84. The Bertz CT molecular complexity index is 211. The zero-order valence-electron chi connectivity index (χ0n) is 11.8. The molecule has 0 aliphatic heterocycles. The van der Waals surface area contributed by atoms with Crippen LogP contribution in [0.15, 0.2) is 0 Å². The topological polar surface area (TPSA) is 15.3 Å². The lowest BCUT2D eigenvalue weighted by Gasteiger charge is -2.38. The van der Waals surface area contributed by atoms with Gasteiger partial charge >= 0.3 is 0 Å². The molecule has 0 aromatic rings. The molecule has 100 valence electrons. The first kappa shape index (κ1) is 13.4. The first-order valence-corrected chi connectivity index (χ1v) is 7.68. The van der Waals surface area contributed by atoms with Crippen molar-refractivity contribution in [3.05, 3.63) is 0 Å². The van der Waals surface area contributed by atoms with Crippen molar-refractivity contribution >= 4 is 0 Å². The van der Waals surface area contributed by atoms with Gasteiger partial charge in [0.2, 0.25) is 0 Å². The standard InChI is InChI=1S/C15H30N2/c1-16-15-11-7-6-8-13(15)12-17(2)14-9-4-3-5-10-14/h13-16H,3-12H2,1-2H3. The molecule has 2 rings (SSSR count). The first-order chi connectivity index (χ1) is 8.31. The van der Waals surface area contributed by atoms with E-state index in [0.29, 0.717) is 0 Å². The molecule has 2 nitrogen and oxygen atoms in total. The summed E-state index contributed by atoms with van der Waals surface area (Å²) in [7, 11) is 4.50. The van der Waals surface area contributed by atoms with Crippen LogP contribution in [0.3, 0.4) is 0 Å². The van der Waals surface area contributed by atoms with Crippen molar-refractivity contribution in [1.82, 2.24) is 10.2 Å². The number of hydrogen-bond donors (Lipinski definition) is 1. The summed E-state index contributed by atoms with van der Waals surface area (Å²) in [6, 6.07) is 1.65. The average Bonchev–Trinajstić information content (AvgIpc) is 2.40. The molecule has 1 N–H and O–H groups in total. The number of nitrogens with one attached hydrogen (secondary N) is 1. The van der Waals surface area contributed by atoms with Crippen LogP contribution in [0.5, 0.6) is 0 Å². The maximum atomic E-state index is 3.54. The minimum Gasteiger partial charge on any atom is -0.317 e. The molecule has 17 heavy (non-hydrogen) atoms. The van der Waals surface area contributed by atoms with Crippen molar-refractivity contribution in [2.45, 2.75) is 69.9 Å². The highest BCUT2D eigenvalue weighted by atomic mass is 15.1. The fraction of sp³-hybridized carbons (Fsp3) is 1.00. The molecule has 0 saturated heterocycles. The van der Waals surface area contributed by atoms with Crippen LogP contribution in [0, 0.1) is 5.92 Å².